The molecule has 0 atom stereocenters. The highest BCUT2D eigenvalue weighted by Gasteiger charge is 2.56. The third kappa shape index (κ3) is 1.44. The van der Waals surface area contributed by atoms with E-state index in [4.69, 9.17) is 5.11 Å². The molecular formula is C11H19NO2. The van der Waals surface area contributed by atoms with Crippen LogP contribution in [-0.2, 0) is 4.79 Å². The topological polar surface area (TPSA) is 40.5 Å². The number of carboxylic acid groups (broad SMARTS) is 1. The van der Waals surface area contributed by atoms with E-state index in [1.807, 2.05) is 0 Å². The van der Waals surface area contributed by atoms with Crippen molar-refractivity contribution in [2.24, 2.45) is 11.3 Å². The maximum atomic E-state index is 10.7. The molecule has 2 aliphatic rings. The highest BCUT2D eigenvalue weighted by molar-refractivity contribution is 5.71. The molecule has 1 spiro atoms. The van der Waals surface area contributed by atoms with Crippen molar-refractivity contribution in [3.63, 3.8) is 0 Å². The third-order valence-electron chi connectivity index (χ3n) is 3.71. The average Bonchev–Trinajstić information content (AvgIpc) is 1.74. The molecular weight excluding hydrogens is 178 g/mol. The van der Waals surface area contributed by atoms with Crippen LogP contribution in [0.2, 0.25) is 0 Å². The minimum Gasteiger partial charge on any atom is -0.481 e. The van der Waals surface area contributed by atoms with Crippen molar-refractivity contribution in [2.45, 2.75) is 39.2 Å². The lowest BCUT2D eigenvalue weighted by atomic mass is 9.57. The Balaban J connectivity index is 1.83. The Morgan fingerprint density at radius 1 is 1.36 bits per heavy atom. The molecule has 0 amide bonds. The number of rotatable bonds is 1. The second-order valence-corrected chi connectivity index (χ2v) is 5.97. The first-order valence-electron chi connectivity index (χ1n) is 5.30. The van der Waals surface area contributed by atoms with Crippen molar-refractivity contribution in [1.29, 1.82) is 0 Å². The van der Waals surface area contributed by atoms with Crippen LogP contribution in [0.4, 0.5) is 0 Å². The van der Waals surface area contributed by atoms with E-state index in [2.05, 4.69) is 25.7 Å². The molecule has 3 nitrogen and oxygen atoms in total. The standard InChI is InChI=1S/C11H19NO2/c1-10(2,3)12-6-11(7-12)4-8(5-11)9(13)14/h8H,4-7H2,1-3H3,(H,13,14). The van der Waals surface area contributed by atoms with Crippen LogP contribution in [0.3, 0.4) is 0 Å². The van der Waals surface area contributed by atoms with Gasteiger partial charge in [0.2, 0.25) is 0 Å². The van der Waals surface area contributed by atoms with Crippen molar-refractivity contribution < 1.29 is 9.90 Å². The number of hydrogen-bond donors (Lipinski definition) is 1. The van der Waals surface area contributed by atoms with E-state index in [-0.39, 0.29) is 11.5 Å². The van der Waals surface area contributed by atoms with Gasteiger partial charge >= 0.3 is 5.97 Å². The monoisotopic (exact) mass is 197 g/mol. The molecule has 2 rings (SSSR count). The zero-order valence-corrected chi connectivity index (χ0v) is 9.21. The van der Waals surface area contributed by atoms with Gasteiger partial charge in [-0.15, -0.1) is 0 Å². The molecule has 2 fully saturated rings. The largest absolute Gasteiger partial charge is 0.481 e. The number of likely N-dealkylation sites (tertiary alicyclic amines) is 1. The van der Waals surface area contributed by atoms with Gasteiger partial charge in [0.1, 0.15) is 0 Å². The van der Waals surface area contributed by atoms with Crippen LogP contribution in [0, 0.1) is 11.3 Å². The summed E-state index contributed by atoms with van der Waals surface area (Å²) in [7, 11) is 0. The smallest absolute Gasteiger partial charge is 0.306 e. The first-order valence-corrected chi connectivity index (χ1v) is 5.30. The molecule has 1 heterocycles. The lowest BCUT2D eigenvalue weighted by molar-refractivity contribution is -0.167. The molecule has 80 valence electrons. The summed E-state index contributed by atoms with van der Waals surface area (Å²) in [6.07, 6.45) is 1.80. The van der Waals surface area contributed by atoms with Gasteiger partial charge in [-0.05, 0) is 39.0 Å². The highest BCUT2D eigenvalue weighted by atomic mass is 16.4. The summed E-state index contributed by atoms with van der Waals surface area (Å²) in [4.78, 5) is 13.1. The van der Waals surface area contributed by atoms with Gasteiger partial charge in [0.15, 0.2) is 0 Å². The van der Waals surface area contributed by atoms with E-state index in [1.54, 1.807) is 0 Å². The zero-order valence-electron chi connectivity index (χ0n) is 9.21. The first-order chi connectivity index (χ1) is 6.32. The Hall–Kier alpha value is -0.570. The minimum absolute atomic E-state index is 0.0582. The molecule has 1 aliphatic heterocycles. The van der Waals surface area contributed by atoms with Crippen LogP contribution in [0.5, 0.6) is 0 Å². The van der Waals surface area contributed by atoms with Gasteiger partial charge in [-0.25, -0.2) is 0 Å². The van der Waals surface area contributed by atoms with Crippen LogP contribution < -0.4 is 0 Å². The molecule has 1 saturated carbocycles. The Morgan fingerprint density at radius 3 is 2.21 bits per heavy atom. The number of hydrogen-bond acceptors (Lipinski definition) is 2. The summed E-state index contributed by atoms with van der Waals surface area (Å²) in [6, 6.07) is 0. The van der Waals surface area contributed by atoms with Crippen molar-refractivity contribution in [3.8, 4) is 0 Å². The normalized spacial score (nSPS) is 27.1. The summed E-state index contributed by atoms with van der Waals surface area (Å²) >= 11 is 0. The SMILES string of the molecule is CC(C)(C)N1CC2(CC(C(=O)O)C2)C1. The average molecular weight is 197 g/mol. The molecule has 1 aliphatic carbocycles. The molecule has 0 unspecified atom stereocenters. The first kappa shape index (κ1) is 9.97. The third-order valence-corrected chi connectivity index (χ3v) is 3.71. The Kier molecular flexibility index (Phi) is 1.94. The maximum absolute atomic E-state index is 10.7. The number of aliphatic carboxylic acids is 1. The fourth-order valence-electron chi connectivity index (χ4n) is 2.66. The second-order valence-electron chi connectivity index (χ2n) is 5.97. The summed E-state index contributed by atoms with van der Waals surface area (Å²) in [5, 5.41) is 8.80. The van der Waals surface area contributed by atoms with Crippen molar-refractivity contribution >= 4 is 5.97 Å². The van der Waals surface area contributed by atoms with E-state index in [0.29, 0.717) is 5.41 Å². The van der Waals surface area contributed by atoms with Gasteiger partial charge in [-0.3, -0.25) is 9.69 Å². The van der Waals surface area contributed by atoms with E-state index in [9.17, 15) is 4.79 Å². The number of nitrogens with zero attached hydrogens (tertiary/aromatic N) is 1. The number of carboxylic acids is 1. The van der Waals surface area contributed by atoms with Crippen LogP contribution in [0.15, 0.2) is 0 Å². The highest BCUT2D eigenvalue weighted by Crippen LogP contribution is 2.53. The van der Waals surface area contributed by atoms with E-state index < -0.39 is 5.97 Å². The van der Waals surface area contributed by atoms with E-state index >= 15 is 0 Å². The van der Waals surface area contributed by atoms with Crippen molar-refractivity contribution in [1.82, 2.24) is 4.90 Å². The fourth-order valence-corrected chi connectivity index (χ4v) is 2.66. The molecule has 1 N–H and O–H groups in total. The molecule has 14 heavy (non-hydrogen) atoms. The summed E-state index contributed by atoms with van der Waals surface area (Å²) in [5.74, 6) is -0.665. The van der Waals surface area contributed by atoms with Gasteiger partial charge in [-0.2, -0.15) is 0 Å². The molecule has 1 saturated heterocycles. The van der Waals surface area contributed by atoms with E-state index in [0.717, 1.165) is 25.9 Å². The Labute approximate surface area is 85.1 Å². The van der Waals surface area contributed by atoms with Crippen LogP contribution in [-0.4, -0.2) is 34.6 Å². The second kappa shape index (κ2) is 2.72. The minimum atomic E-state index is -0.607. The number of carbonyl (C=O) groups is 1. The molecule has 0 aromatic heterocycles. The van der Waals surface area contributed by atoms with E-state index in [1.165, 1.54) is 0 Å². The summed E-state index contributed by atoms with van der Waals surface area (Å²) < 4.78 is 0. The molecule has 3 heteroatoms. The van der Waals surface area contributed by atoms with Crippen LogP contribution in [0.25, 0.3) is 0 Å². The van der Waals surface area contributed by atoms with Gasteiger partial charge in [0, 0.05) is 18.6 Å². The summed E-state index contributed by atoms with van der Waals surface area (Å²) in [5.41, 5.74) is 0.621. The maximum Gasteiger partial charge on any atom is 0.306 e. The molecule has 0 aromatic carbocycles. The zero-order chi connectivity index (χ0) is 10.6. The van der Waals surface area contributed by atoms with Gasteiger partial charge in [0.05, 0.1) is 5.92 Å². The predicted molar refractivity (Wildman–Crippen MR) is 54.1 cm³/mol. The van der Waals surface area contributed by atoms with Gasteiger partial charge in [-0.1, -0.05) is 0 Å². The molecule has 0 bridgehead atoms. The lowest BCUT2D eigenvalue weighted by Gasteiger charge is -2.62. The quantitative estimate of drug-likeness (QED) is 0.694. The van der Waals surface area contributed by atoms with Crippen LogP contribution >= 0.6 is 0 Å². The Morgan fingerprint density at radius 2 is 1.86 bits per heavy atom. The van der Waals surface area contributed by atoms with Crippen molar-refractivity contribution in [3.05, 3.63) is 0 Å². The molecule has 0 radical (unpaired) electrons. The van der Waals surface area contributed by atoms with Gasteiger partial charge < -0.3 is 5.11 Å². The van der Waals surface area contributed by atoms with Crippen LogP contribution in [0.1, 0.15) is 33.6 Å². The van der Waals surface area contributed by atoms with Gasteiger partial charge in [0.25, 0.3) is 0 Å². The predicted octanol–water partition coefficient (Wildman–Crippen LogP) is 1.58. The van der Waals surface area contributed by atoms with Crippen molar-refractivity contribution in [2.75, 3.05) is 13.1 Å². The lowest BCUT2D eigenvalue weighted by Crippen LogP contribution is -2.67. The fraction of sp³-hybridized carbons (Fsp3) is 0.909. The Bertz CT molecular complexity index is 253. The molecule has 0 aromatic rings. The summed E-state index contributed by atoms with van der Waals surface area (Å²) in [6.45, 7) is 8.84.